The quantitative estimate of drug-likeness (QED) is 0.0353. The number of anilines is 4. The third-order valence-electron chi connectivity index (χ3n) is 10.1. The zero-order valence-electron chi connectivity index (χ0n) is 38.0. The summed E-state index contributed by atoms with van der Waals surface area (Å²) in [6.45, 7) is 7.39. The first kappa shape index (κ1) is 53.5. The molecule has 0 aliphatic heterocycles. The summed E-state index contributed by atoms with van der Waals surface area (Å²) >= 11 is 32.1. The number of benzene rings is 5. The molecule has 16 nitrogen and oxygen atoms in total. The Kier molecular flexibility index (Phi) is 18.8. The van der Waals surface area contributed by atoms with Gasteiger partial charge >= 0.3 is 0 Å². The Labute approximate surface area is 422 Å². The number of ketones is 2. The van der Waals surface area contributed by atoms with Crippen LogP contribution in [0.4, 0.5) is 34.1 Å². The second kappa shape index (κ2) is 24.2. The van der Waals surface area contributed by atoms with Gasteiger partial charge in [0.05, 0.1) is 62.9 Å². The SMILES string of the molecule is COc1cccc(NC(=O)c2cc(N=NC(C(C)=O)C(=O)Nc3ccc(NC(=O)C(N=Nc4ccc(Cl)c(C(=O)Nc5cccc(OC)c5C(C)Cl)c4)C(C)=O)c(C(C)Cl)c3)ccc2Cl)c1C(C)Cl. The molecule has 0 aliphatic rings. The molecule has 5 unspecified atom stereocenters. The average molecular weight is 1040 g/mol. The molecule has 5 atom stereocenters. The van der Waals surface area contributed by atoms with Crippen LogP contribution in [-0.2, 0) is 19.2 Å². The Morgan fingerprint density at radius 3 is 1.35 bits per heavy atom. The lowest BCUT2D eigenvalue weighted by molar-refractivity contribution is -0.127. The Balaban J connectivity index is 1.29. The van der Waals surface area contributed by atoms with Crippen molar-refractivity contribution in [3.8, 4) is 11.5 Å². The fraction of sp³-hybridized carbons (Fsp3) is 0.250. The Morgan fingerprint density at radius 1 is 0.522 bits per heavy atom. The molecule has 360 valence electrons. The summed E-state index contributed by atoms with van der Waals surface area (Å²) in [5.41, 5.74) is 2.89. The molecule has 5 aromatic carbocycles. The van der Waals surface area contributed by atoms with E-state index in [0.29, 0.717) is 39.6 Å². The second-order valence-electron chi connectivity index (χ2n) is 15.2. The van der Waals surface area contributed by atoms with E-state index in [4.69, 9.17) is 67.5 Å². The second-order valence-corrected chi connectivity index (χ2v) is 17.9. The molecule has 0 aliphatic carbocycles. The van der Waals surface area contributed by atoms with Gasteiger partial charge in [-0.2, -0.15) is 20.5 Å². The lowest BCUT2D eigenvalue weighted by atomic mass is 10.1. The van der Waals surface area contributed by atoms with Gasteiger partial charge in [-0.15, -0.1) is 34.8 Å². The highest BCUT2D eigenvalue weighted by atomic mass is 35.5. The number of amides is 4. The van der Waals surface area contributed by atoms with Gasteiger partial charge in [0.25, 0.3) is 23.6 Å². The number of hydrogen-bond acceptors (Lipinski definition) is 12. The van der Waals surface area contributed by atoms with Crippen LogP contribution in [0, 0.1) is 0 Å². The summed E-state index contributed by atoms with van der Waals surface area (Å²) in [5.74, 6) is -3.23. The number of methoxy groups -OCH3 is 2. The van der Waals surface area contributed by atoms with E-state index >= 15 is 0 Å². The van der Waals surface area contributed by atoms with Gasteiger partial charge in [0, 0.05) is 33.9 Å². The highest BCUT2D eigenvalue weighted by Gasteiger charge is 2.27. The number of Topliss-reactive ketones (excluding diaryl/α,β-unsaturated/α-hetero) is 2. The molecule has 4 amide bonds. The monoisotopic (exact) mass is 1040 g/mol. The van der Waals surface area contributed by atoms with Crippen LogP contribution < -0.4 is 30.7 Å². The Morgan fingerprint density at radius 2 is 0.957 bits per heavy atom. The summed E-state index contributed by atoms with van der Waals surface area (Å²) in [6, 6.07) is 19.6. The fourth-order valence-corrected chi connectivity index (χ4v) is 7.78. The van der Waals surface area contributed by atoms with E-state index in [9.17, 15) is 28.8 Å². The number of ether oxygens (including phenoxy) is 2. The number of carbonyl (C=O) groups is 6. The zero-order chi connectivity index (χ0) is 50.7. The Hall–Kier alpha value is -6.43. The van der Waals surface area contributed by atoms with Crippen LogP contribution in [0.2, 0.25) is 10.0 Å². The van der Waals surface area contributed by atoms with Crippen LogP contribution in [0.5, 0.6) is 11.5 Å². The van der Waals surface area contributed by atoms with E-state index in [-0.39, 0.29) is 43.9 Å². The molecule has 0 fully saturated rings. The van der Waals surface area contributed by atoms with E-state index in [1.165, 1.54) is 68.8 Å². The predicted molar refractivity (Wildman–Crippen MR) is 269 cm³/mol. The van der Waals surface area contributed by atoms with Crippen molar-refractivity contribution in [2.75, 3.05) is 35.5 Å². The topological polar surface area (TPSA) is 218 Å². The van der Waals surface area contributed by atoms with E-state index < -0.39 is 63.4 Å². The third kappa shape index (κ3) is 13.6. The molecule has 4 N–H and O–H groups in total. The molecule has 69 heavy (non-hydrogen) atoms. The number of carbonyl (C=O) groups excluding carboxylic acids is 6. The molecule has 0 saturated heterocycles. The van der Waals surface area contributed by atoms with Gasteiger partial charge in [-0.3, -0.25) is 28.8 Å². The van der Waals surface area contributed by atoms with Gasteiger partial charge in [0.2, 0.25) is 12.1 Å². The van der Waals surface area contributed by atoms with Crippen molar-refractivity contribution in [1.29, 1.82) is 0 Å². The molecule has 5 aromatic rings. The van der Waals surface area contributed by atoms with Crippen LogP contribution in [0.3, 0.4) is 0 Å². The summed E-state index contributed by atoms with van der Waals surface area (Å²) in [5, 5.41) is 25.4. The number of azo groups is 2. The normalized spacial score (nSPS) is 13.4. The smallest absolute Gasteiger partial charge is 0.258 e. The van der Waals surface area contributed by atoms with E-state index in [1.54, 1.807) is 57.2 Å². The molecule has 0 saturated carbocycles. The van der Waals surface area contributed by atoms with Crippen molar-refractivity contribution < 1.29 is 38.2 Å². The fourth-order valence-electron chi connectivity index (χ4n) is 6.74. The minimum absolute atomic E-state index is 0.0261. The van der Waals surface area contributed by atoms with Crippen molar-refractivity contribution in [3.05, 3.63) is 129 Å². The van der Waals surface area contributed by atoms with Crippen molar-refractivity contribution in [2.45, 2.75) is 62.8 Å². The first-order chi connectivity index (χ1) is 32.7. The maximum absolute atomic E-state index is 13.6. The lowest BCUT2D eigenvalue weighted by Gasteiger charge is -2.17. The zero-order valence-corrected chi connectivity index (χ0v) is 41.8. The van der Waals surface area contributed by atoms with Crippen LogP contribution in [0.1, 0.15) is 88.2 Å². The van der Waals surface area contributed by atoms with Crippen molar-refractivity contribution in [3.63, 3.8) is 0 Å². The van der Waals surface area contributed by atoms with Gasteiger partial charge in [-0.05, 0) is 119 Å². The van der Waals surface area contributed by atoms with Crippen LogP contribution in [-0.4, -0.2) is 61.5 Å². The minimum Gasteiger partial charge on any atom is -0.496 e. The molecule has 0 aromatic heterocycles. The molecular formula is C48H45Cl5N8O8. The van der Waals surface area contributed by atoms with Gasteiger partial charge in [0.1, 0.15) is 11.5 Å². The van der Waals surface area contributed by atoms with Crippen LogP contribution in [0.15, 0.2) is 111 Å². The van der Waals surface area contributed by atoms with Crippen molar-refractivity contribution >= 4 is 127 Å². The number of rotatable bonds is 19. The number of nitrogens with one attached hydrogen (secondary N) is 4. The van der Waals surface area contributed by atoms with Crippen molar-refractivity contribution in [1.82, 2.24) is 0 Å². The first-order valence-electron chi connectivity index (χ1n) is 20.8. The largest absolute Gasteiger partial charge is 0.496 e. The molecule has 0 heterocycles. The minimum atomic E-state index is -1.63. The number of nitrogens with zero attached hydrogens (tertiary/aromatic N) is 4. The van der Waals surface area contributed by atoms with E-state index in [0.717, 1.165) is 13.8 Å². The molecule has 21 heteroatoms. The molecule has 0 spiro atoms. The van der Waals surface area contributed by atoms with Crippen LogP contribution >= 0.6 is 58.0 Å². The number of halogens is 5. The summed E-state index contributed by atoms with van der Waals surface area (Å²) in [7, 11) is 2.97. The van der Waals surface area contributed by atoms with Crippen molar-refractivity contribution in [2.24, 2.45) is 20.5 Å². The number of alkyl halides is 3. The van der Waals surface area contributed by atoms with E-state index in [1.807, 2.05) is 0 Å². The Bertz CT molecular complexity index is 2860. The van der Waals surface area contributed by atoms with Gasteiger partial charge < -0.3 is 30.7 Å². The van der Waals surface area contributed by atoms with Gasteiger partial charge in [0.15, 0.2) is 11.6 Å². The average Bonchev–Trinajstić information content (AvgIpc) is 3.29. The summed E-state index contributed by atoms with van der Waals surface area (Å²) in [6.07, 6.45) is 0. The molecule has 0 radical (unpaired) electrons. The molecule has 0 bridgehead atoms. The molecule has 5 rings (SSSR count). The first-order valence-corrected chi connectivity index (χ1v) is 22.9. The lowest BCUT2D eigenvalue weighted by Crippen LogP contribution is -2.32. The maximum Gasteiger partial charge on any atom is 0.258 e. The van der Waals surface area contributed by atoms with Gasteiger partial charge in [-0.1, -0.05) is 35.3 Å². The number of hydrogen-bond donors (Lipinski definition) is 4. The third-order valence-corrected chi connectivity index (χ3v) is 11.4. The standard InChI is InChI=1S/C48H45Cl5N8O8/c1-23(49)31-20-28(54-47(66)43(26(4)62)60-58-29-14-17-34(52)32(21-29)45(64)56-37-10-8-12-39(68-6)41(37)24(2)50)16-19-36(31)55-48(67)44(27(5)63)61-59-30-15-18-35(53)33(22-30)46(65)57-38-11-9-13-40(69-7)42(38)25(3)51/h8-25,43-44H,1-7H3,(H,54,66)(H,55,67)(H,56,64)(H,57,65). The van der Waals surface area contributed by atoms with E-state index in [2.05, 4.69) is 41.7 Å². The highest BCUT2D eigenvalue weighted by molar-refractivity contribution is 6.35. The van der Waals surface area contributed by atoms with Crippen LogP contribution in [0.25, 0.3) is 0 Å². The molecular weight excluding hydrogens is 994 g/mol. The predicted octanol–water partition coefficient (Wildman–Crippen LogP) is 12.8. The van der Waals surface area contributed by atoms with Gasteiger partial charge in [-0.25, -0.2) is 0 Å². The highest BCUT2D eigenvalue weighted by Crippen LogP contribution is 2.38. The summed E-state index contributed by atoms with van der Waals surface area (Å²) < 4.78 is 10.8. The maximum atomic E-state index is 13.6. The summed E-state index contributed by atoms with van der Waals surface area (Å²) in [4.78, 5) is 79.3.